The van der Waals surface area contributed by atoms with E-state index < -0.39 is 23.9 Å². The monoisotopic (exact) mass is 356 g/mol. The van der Waals surface area contributed by atoms with Crippen LogP contribution in [0.1, 0.15) is 52.6 Å². The number of aromatic carboxylic acids is 4. The summed E-state index contributed by atoms with van der Waals surface area (Å²) in [5, 5.41) is 36.3. The molecule has 0 radical (unpaired) electrons. The average Bonchev–Trinajstić information content (AvgIpc) is 2.59. The molecule has 26 heavy (non-hydrogen) atoms. The maximum Gasteiger partial charge on any atom is 0.336 e. The molecule has 0 aliphatic rings. The first-order valence-corrected chi connectivity index (χ1v) is 7.09. The van der Waals surface area contributed by atoms with Crippen molar-refractivity contribution in [2.75, 3.05) is 0 Å². The average molecular weight is 356 g/mol. The van der Waals surface area contributed by atoms with Gasteiger partial charge in [0.25, 0.3) is 0 Å². The van der Waals surface area contributed by atoms with Crippen molar-refractivity contribution in [3.8, 4) is 0 Å². The molecule has 2 aromatic rings. The van der Waals surface area contributed by atoms with Gasteiger partial charge in [0.1, 0.15) is 0 Å². The first-order chi connectivity index (χ1) is 12.2. The summed E-state index contributed by atoms with van der Waals surface area (Å²) in [5.74, 6) is -5.22. The van der Waals surface area contributed by atoms with E-state index in [1.807, 2.05) is 0 Å². The Balaban J connectivity index is 2.50. The number of hydrogen-bond donors (Lipinski definition) is 4. The third kappa shape index (κ3) is 4.12. The van der Waals surface area contributed by atoms with Crippen molar-refractivity contribution in [2.24, 2.45) is 0 Å². The van der Waals surface area contributed by atoms with Gasteiger partial charge in [0.2, 0.25) is 0 Å². The second-order valence-electron chi connectivity index (χ2n) is 5.20. The van der Waals surface area contributed by atoms with Gasteiger partial charge in [0, 0.05) is 0 Å². The van der Waals surface area contributed by atoms with E-state index in [0.717, 1.165) is 12.1 Å². The summed E-state index contributed by atoms with van der Waals surface area (Å²) >= 11 is 0. The fraction of sp³-hybridized carbons (Fsp3) is 0. The number of benzene rings is 2. The summed E-state index contributed by atoms with van der Waals surface area (Å²) in [6, 6.07) is 7.00. The van der Waals surface area contributed by atoms with Gasteiger partial charge in [-0.2, -0.15) is 0 Å². The summed E-state index contributed by atoms with van der Waals surface area (Å²) in [7, 11) is 0. The molecule has 0 aliphatic carbocycles. The zero-order valence-corrected chi connectivity index (χ0v) is 13.0. The topological polar surface area (TPSA) is 149 Å². The molecule has 0 aromatic heterocycles. The van der Waals surface area contributed by atoms with Crippen molar-refractivity contribution in [2.45, 2.75) is 0 Å². The predicted molar refractivity (Wildman–Crippen MR) is 89.6 cm³/mol. The van der Waals surface area contributed by atoms with Crippen LogP contribution in [-0.2, 0) is 0 Å². The van der Waals surface area contributed by atoms with Crippen molar-refractivity contribution in [1.29, 1.82) is 0 Å². The number of hydrogen-bond acceptors (Lipinski definition) is 4. The Bertz CT molecular complexity index is 923. The predicted octanol–water partition coefficient (Wildman–Crippen LogP) is 2.65. The summed E-state index contributed by atoms with van der Waals surface area (Å²) in [5.41, 5.74) is -0.496. The maximum atomic E-state index is 11.3. The van der Waals surface area contributed by atoms with Gasteiger partial charge in [-0.15, -0.1) is 0 Å². The lowest BCUT2D eigenvalue weighted by atomic mass is 10.0. The van der Waals surface area contributed by atoms with E-state index in [1.165, 1.54) is 36.4 Å². The van der Waals surface area contributed by atoms with E-state index in [9.17, 15) is 24.3 Å². The van der Waals surface area contributed by atoms with Gasteiger partial charge in [0.15, 0.2) is 0 Å². The summed E-state index contributed by atoms with van der Waals surface area (Å²) in [6.07, 6.45) is 2.68. The van der Waals surface area contributed by atoms with Crippen LogP contribution in [0.3, 0.4) is 0 Å². The van der Waals surface area contributed by atoms with E-state index in [-0.39, 0.29) is 33.4 Å². The van der Waals surface area contributed by atoms with E-state index in [4.69, 9.17) is 15.3 Å². The lowest BCUT2D eigenvalue weighted by molar-refractivity contribution is 0.0676. The first kappa shape index (κ1) is 18.4. The highest BCUT2D eigenvalue weighted by Gasteiger charge is 2.13. The van der Waals surface area contributed by atoms with Crippen molar-refractivity contribution in [3.63, 3.8) is 0 Å². The van der Waals surface area contributed by atoms with Gasteiger partial charge in [-0.05, 0) is 41.5 Å². The van der Waals surface area contributed by atoms with Crippen LogP contribution in [0.4, 0.5) is 0 Å². The van der Waals surface area contributed by atoms with Crippen LogP contribution >= 0.6 is 0 Å². The SMILES string of the molecule is O=C(O)c1cc(/C=C\c2ccc(C(=O)O)cc2C(=O)O)cc(C(=O)O)c1. The third-order valence-electron chi connectivity index (χ3n) is 3.44. The Morgan fingerprint density at radius 1 is 0.615 bits per heavy atom. The van der Waals surface area contributed by atoms with Crippen LogP contribution in [0.2, 0.25) is 0 Å². The van der Waals surface area contributed by atoms with Crippen molar-refractivity contribution in [1.82, 2.24) is 0 Å². The molecule has 8 nitrogen and oxygen atoms in total. The first-order valence-electron chi connectivity index (χ1n) is 7.09. The normalized spacial score (nSPS) is 10.6. The molecule has 132 valence electrons. The maximum absolute atomic E-state index is 11.3. The van der Waals surface area contributed by atoms with Crippen LogP contribution in [0.25, 0.3) is 12.2 Å². The van der Waals surface area contributed by atoms with Crippen molar-refractivity contribution < 1.29 is 39.6 Å². The highest BCUT2D eigenvalue weighted by molar-refractivity contribution is 5.98. The molecule has 0 unspecified atom stereocenters. The molecular weight excluding hydrogens is 344 g/mol. The second kappa shape index (κ2) is 7.31. The molecule has 0 spiro atoms. The lowest BCUT2D eigenvalue weighted by Gasteiger charge is -2.04. The molecule has 0 saturated heterocycles. The fourth-order valence-corrected chi connectivity index (χ4v) is 2.20. The molecule has 0 bridgehead atoms. The Hall–Kier alpha value is -3.94. The van der Waals surface area contributed by atoms with Crippen molar-refractivity contribution >= 4 is 36.0 Å². The van der Waals surface area contributed by atoms with Gasteiger partial charge in [-0.1, -0.05) is 18.2 Å². The molecule has 0 amide bonds. The second-order valence-corrected chi connectivity index (χ2v) is 5.20. The minimum absolute atomic E-state index is 0.181. The number of carbonyl (C=O) groups is 4. The van der Waals surface area contributed by atoms with Gasteiger partial charge >= 0.3 is 23.9 Å². The van der Waals surface area contributed by atoms with Crippen LogP contribution < -0.4 is 0 Å². The zero-order valence-electron chi connectivity index (χ0n) is 13.0. The van der Waals surface area contributed by atoms with E-state index in [0.29, 0.717) is 0 Å². The molecule has 0 atom stereocenters. The van der Waals surface area contributed by atoms with Crippen LogP contribution in [0, 0.1) is 0 Å². The minimum Gasteiger partial charge on any atom is -0.478 e. The fourth-order valence-electron chi connectivity index (χ4n) is 2.20. The minimum atomic E-state index is -1.33. The largest absolute Gasteiger partial charge is 0.478 e. The van der Waals surface area contributed by atoms with Crippen LogP contribution in [0.5, 0.6) is 0 Å². The molecule has 0 aliphatic heterocycles. The molecule has 2 rings (SSSR count). The van der Waals surface area contributed by atoms with Gasteiger partial charge < -0.3 is 20.4 Å². The van der Waals surface area contributed by atoms with Gasteiger partial charge in [-0.25, -0.2) is 19.2 Å². The standard InChI is InChI=1S/C18H12O8/c19-15(20)11-4-3-10(14(8-11)18(25)26)2-1-9-5-12(16(21)22)7-13(6-9)17(23)24/h1-8H,(H,19,20)(H,21,22)(H,23,24)(H,25,26)/b2-1-. The van der Waals surface area contributed by atoms with Crippen LogP contribution in [0.15, 0.2) is 36.4 Å². The number of carboxylic acids is 4. The van der Waals surface area contributed by atoms with Crippen molar-refractivity contribution in [3.05, 3.63) is 69.8 Å². The molecule has 0 saturated carbocycles. The summed E-state index contributed by atoms with van der Waals surface area (Å²) in [6.45, 7) is 0. The molecule has 2 aromatic carbocycles. The summed E-state index contributed by atoms with van der Waals surface area (Å²) < 4.78 is 0. The zero-order chi connectivity index (χ0) is 19.4. The molecular formula is C18H12O8. The Morgan fingerprint density at radius 2 is 1.15 bits per heavy atom. The third-order valence-corrected chi connectivity index (χ3v) is 3.44. The number of rotatable bonds is 6. The smallest absolute Gasteiger partial charge is 0.336 e. The Morgan fingerprint density at radius 3 is 1.62 bits per heavy atom. The van der Waals surface area contributed by atoms with E-state index >= 15 is 0 Å². The molecule has 0 fully saturated rings. The molecule has 0 heterocycles. The van der Waals surface area contributed by atoms with Crippen LogP contribution in [-0.4, -0.2) is 44.3 Å². The van der Waals surface area contributed by atoms with Gasteiger partial charge in [0.05, 0.1) is 22.3 Å². The Kier molecular flexibility index (Phi) is 5.17. The molecule has 4 N–H and O–H groups in total. The quantitative estimate of drug-likeness (QED) is 0.577. The Labute approximate surface area is 146 Å². The van der Waals surface area contributed by atoms with E-state index in [1.54, 1.807) is 0 Å². The molecule has 8 heteroatoms. The van der Waals surface area contributed by atoms with E-state index in [2.05, 4.69) is 0 Å². The lowest BCUT2D eigenvalue weighted by Crippen LogP contribution is -2.04. The highest BCUT2D eigenvalue weighted by Crippen LogP contribution is 2.18. The summed E-state index contributed by atoms with van der Waals surface area (Å²) in [4.78, 5) is 44.5. The highest BCUT2D eigenvalue weighted by atomic mass is 16.4. The van der Waals surface area contributed by atoms with Gasteiger partial charge in [-0.3, -0.25) is 0 Å². The number of carboxylic acid groups (broad SMARTS) is 4.